The summed E-state index contributed by atoms with van der Waals surface area (Å²) in [6.07, 6.45) is 5.81. The van der Waals surface area contributed by atoms with E-state index in [4.69, 9.17) is 0 Å². The van der Waals surface area contributed by atoms with Crippen molar-refractivity contribution in [2.45, 2.75) is 26.8 Å². The lowest BCUT2D eigenvalue weighted by Gasteiger charge is -2.24. The second-order valence-electron chi connectivity index (χ2n) is 6.51. The van der Waals surface area contributed by atoms with Gasteiger partial charge in [0.25, 0.3) is 0 Å². The summed E-state index contributed by atoms with van der Waals surface area (Å²) in [6.45, 7) is 11.9. The van der Waals surface area contributed by atoms with E-state index < -0.39 is 11.9 Å². The lowest BCUT2D eigenvalue weighted by molar-refractivity contribution is -0.118. The van der Waals surface area contributed by atoms with E-state index >= 15 is 0 Å². The molecule has 1 unspecified atom stereocenters. The van der Waals surface area contributed by atoms with Gasteiger partial charge >= 0.3 is 6.03 Å². The summed E-state index contributed by atoms with van der Waals surface area (Å²) in [4.78, 5) is 32.8. The number of nitrogens with one attached hydrogen (secondary N) is 1. The monoisotopic (exact) mass is 389 g/mol. The number of halogens is 1. The highest BCUT2D eigenvalue weighted by atomic mass is 19.2. The van der Waals surface area contributed by atoms with Crippen molar-refractivity contribution >= 4 is 18.7 Å². The van der Waals surface area contributed by atoms with E-state index in [0.717, 1.165) is 18.3 Å². The van der Waals surface area contributed by atoms with Crippen LogP contribution in [-0.2, 0) is 11.3 Å². The number of carbonyl (C=O) groups is 2. The van der Waals surface area contributed by atoms with Crippen molar-refractivity contribution in [3.63, 3.8) is 0 Å². The summed E-state index contributed by atoms with van der Waals surface area (Å²) >= 11 is 0. The summed E-state index contributed by atoms with van der Waals surface area (Å²) in [7, 11) is 0. The fourth-order valence-electron chi connectivity index (χ4n) is 2.52. The molecule has 0 aliphatic carbocycles. The normalized spacial score (nSPS) is 12.4. The fourth-order valence-corrected chi connectivity index (χ4v) is 2.52. The minimum absolute atomic E-state index is 0.0312. The average molecular weight is 389 g/mol. The number of amides is 3. The third-order valence-corrected chi connectivity index (χ3v) is 3.92. The van der Waals surface area contributed by atoms with E-state index in [1.807, 2.05) is 30.4 Å². The van der Waals surface area contributed by atoms with Crippen molar-refractivity contribution < 1.29 is 14.1 Å². The van der Waals surface area contributed by atoms with Crippen LogP contribution < -0.4 is 5.32 Å². The molecule has 1 heterocycles. The van der Waals surface area contributed by atoms with Crippen molar-refractivity contribution in [1.82, 2.24) is 20.3 Å². The highest BCUT2D eigenvalue weighted by Crippen LogP contribution is 2.12. The highest BCUT2D eigenvalue weighted by molar-refractivity contribution is 5.92. The Kier molecular flexibility index (Phi) is 10.3. The predicted molar refractivity (Wildman–Crippen MR) is 108 cm³/mol. The van der Waals surface area contributed by atoms with Gasteiger partial charge in [0.05, 0.1) is 17.9 Å². The topological polar surface area (TPSA) is 77.9 Å². The fraction of sp³-hybridized carbons (Fsp3) is 0.400. The summed E-state index contributed by atoms with van der Waals surface area (Å²) < 4.78 is 13.8. The standard InChI is InChI=1S/C20H28FN5O2/c1-5-8-18(22-4)14-25(15-19-9-6-7-11-23-19)12-10-16(2)13-26(21)20(28)24-17(3)27/h5-9,11,16H,1,4,10,12-15H2,2-3H3,(H,24,27,28)/b18-8-. The van der Waals surface area contributed by atoms with Crippen molar-refractivity contribution in [2.75, 3.05) is 19.6 Å². The first-order chi connectivity index (χ1) is 13.3. The van der Waals surface area contributed by atoms with Gasteiger partial charge in [0.1, 0.15) is 0 Å². The van der Waals surface area contributed by atoms with Gasteiger partial charge in [-0.1, -0.05) is 30.1 Å². The van der Waals surface area contributed by atoms with E-state index in [1.54, 1.807) is 18.3 Å². The Hall–Kier alpha value is -2.87. The minimum Gasteiger partial charge on any atom is -0.292 e. The van der Waals surface area contributed by atoms with Crippen LogP contribution in [0.5, 0.6) is 0 Å². The maximum absolute atomic E-state index is 13.8. The molecular formula is C20H28FN5O2. The molecule has 0 aromatic carbocycles. The summed E-state index contributed by atoms with van der Waals surface area (Å²) in [5.41, 5.74) is 1.68. The SMILES string of the molecule is C=C/C=C(/CN(CCC(C)CN(F)C(=O)NC(C)=O)Cc1ccccn1)N=C. The zero-order valence-corrected chi connectivity index (χ0v) is 16.5. The first kappa shape index (κ1) is 23.2. The van der Waals surface area contributed by atoms with E-state index in [0.29, 0.717) is 26.1 Å². The Labute approximate surface area is 165 Å². The van der Waals surface area contributed by atoms with Crippen LogP contribution in [0, 0.1) is 5.92 Å². The average Bonchev–Trinajstić information content (AvgIpc) is 2.65. The van der Waals surface area contributed by atoms with E-state index in [9.17, 15) is 14.1 Å². The lowest BCUT2D eigenvalue weighted by Crippen LogP contribution is -2.39. The molecule has 8 heteroatoms. The van der Waals surface area contributed by atoms with Crippen LogP contribution in [0.3, 0.4) is 0 Å². The molecule has 7 nitrogen and oxygen atoms in total. The second kappa shape index (κ2) is 12.5. The third-order valence-electron chi connectivity index (χ3n) is 3.92. The number of pyridine rings is 1. The summed E-state index contributed by atoms with van der Waals surface area (Å²) in [6, 6.07) is 4.66. The van der Waals surface area contributed by atoms with Crippen LogP contribution in [0.4, 0.5) is 9.28 Å². The number of urea groups is 1. The maximum atomic E-state index is 13.8. The van der Waals surface area contributed by atoms with Gasteiger partial charge < -0.3 is 0 Å². The first-order valence-electron chi connectivity index (χ1n) is 9.01. The number of hydrogen-bond acceptors (Lipinski definition) is 5. The molecule has 0 aliphatic heterocycles. The Balaban J connectivity index is 2.67. The molecule has 0 bridgehead atoms. The van der Waals surface area contributed by atoms with Crippen molar-refractivity contribution in [1.29, 1.82) is 0 Å². The number of rotatable bonds is 11. The highest BCUT2D eigenvalue weighted by Gasteiger charge is 2.18. The molecular weight excluding hydrogens is 361 g/mol. The van der Waals surface area contributed by atoms with Crippen LogP contribution in [0.1, 0.15) is 26.0 Å². The molecule has 0 spiro atoms. The largest absolute Gasteiger partial charge is 0.352 e. The van der Waals surface area contributed by atoms with E-state index in [2.05, 4.69) is 28.2 Å². The molecule has 1 rings (SSSR count). The molecule has 0 radical (unpaired) electrons. The molecule has 1 atom stereocenters. The number of aromatic nitrogens is 1. The zero-order chi connectivity index (χ0) is 20.9. The maximum Gasteiger partial charge on any atom is 0.352 e. The molecule has 152 valence electrons. The van der Waals surface area contributed by atoms with Gasteiger partial charge in [-0.05, 0) is 43.8 Å². The molecule has 1 aromatic heterocycles. The van der Waals surface area contributed by atoms with E-state index in [-0.39, 0.29) is 17.6 Å². The molecule has 0 saturated carbocycles. The van der Waals surface area contributed by atoms with Gasteiger partial charge in [-0.25, -0.2) is 4.79 Å². The molecule has 1 aromatic rings. The Morgan fingerprint density at radius 3 is 2.75 bits per heavy atom. The first-order valence-corrected chi connectivity index (χ1v) is 9.01. The van der Waals surface area contributed by atoms with Crippen LogP contribution in [0.2, 0.25) is 0 Å². The molecule has 1 N–H and O–H groups in total. The van der Waals surface area contributed by atoms with Crippen molar-refractivity contribution in [2.24, 2.45) is 10.9 Å². The second-order valence-corrected chi connectivity index (χ2v) is 6.51. The number of nitrogens with zero attached hydrogens (tertiary/aromatic N) is 4. The van der Waals surface area contributed by atoms with Gasteiger partial charge in [-0.15, -0.1) is 0 Å². The number of allylic oxidation sites excluding steroid dienone is 2. The molecule has 0 saturated heterocycles. The molecule has 0 fully saturated rings. The van der Waals surface area contributed by atoms with Crippen molar-refractivity contribution in [3.8, 4) is 0 Å². The molecule has 28 heavy (non-hydrogen) atoms. The summed E-state index contributed by atoms with van der Waals surface area (Å²) in [5, 5.41) is 1.94. The number of imide groups is 1. The van der Waals surface area contributed by atoms with E-state index in [1.165, 1.54) is 0 Å². The van der Waals surface area contributed by atoms with Crippen molar-refractivity contribution in [3.05, 3.63) is 54.5 Å². The Morgan fingerprint density at radius 2 is 2.18 bits per heavy atom. The molecule has 0 aliphatic rings. The molecule has 3 amide bonds. The Morgan fingerprint density at radius 1 is 1.43 bits per heavy atom. The van der Waals surface area contributed by atoms with Gasteiger partial charge in [-0.2, -0.15) is 5.12 Å². The number of aliphatic imine (C=N–C) groups is 1. The third kappa shape index (κ3) is 9.18. The quantitative estimate of drug-likeness (QED) is 0.358. The van der Waals surface area contributed by atoms with Gasteiger partial charge in [0.2, 0.25) is 5.91 Å². The minimum atomic E-state index is -1.04. The number of hydrogen-bond donors (Lipinski definition) is 1. The smallest absolute Gasteiger partial charge is 0.292 e. The van der Waals surface area contributed by atoms with Gasteiger partial charge in [-0.3, -0.25) is 25.0 Å². The summed E-state index contributed by atoms with van der Waals surface area (Å²) in [5.74, 6) is -0.710. The van der Waals surface area contributed by atoms with Gasteiger partial charge in [0, 0.05) is 26.2 Å². The van der Waals surface area contributed by atoms with Crippen LogP contribution in [-0.4, -0.2) is 53.3 Å². The van der Waals surface area contributed by atoms with Gasteiger partial charge in [0.15, 0.2) is 0 Å². The van der Waals surface area contributed by atoms with Crippen LogP contribution in [0.25, 0.3) is 0 Å². The zero-order valence-electron chi connectivity index (χ0n) is 16.5. The lowest BCUT2D eigenvalue weighted by atomic mass is 10.1. The number of carbonyl (C=O) groups excluding carboxylic acids is 2. The van der Waals surface area contributed by atoms with Crippen LogP contribution >= 0.6 is 0 Å². The Bertz CT molecular complexity index is 693. The van der Waals surface area contributed by atoms with Crippen LogP contribution in [0.15, 0.2) is 53.8 Å². The predicted octanol–water partition coefficient (Wildman–Crippen LogP) is 3.12.